The summed E-state index contributed by atoms with van der Waals surface area (Å²) < 4.78 is 5.17. The van der Waals surface area contributed by atoms with Crippen molar-refractivity contribution in [3.63, 3.8) is 0 Å². The van der Waals surface area contributed by atoms with E-state index in [0.717, 1.165) is 12.8 Å². The predicted molar refractivity (Wildman–Crippen MR) is 86.0 cm³/mol. The van der Waals surface area contributed by atoms with E-state index in [-0.39, 0.29) is 5.78 Å². The first kappa shape index (κ1) is 15.1. The van der Waals surface area contributed by atoms with Crippen molar-refractivity contribution < 1.29 is 9.53 Å². The van der Waals surface area contributed by atoms with Crippen molar-refractivity contribution in [2.45, 2.75) is 26.7 Å². The van der Waals surface area contributed by atoms with Crippen molar-refractivity contribution in [2.75, 3.05) is 12.8 Å². The van der Waals surface area contributed by atoms with Gasteiger partial charge in [-0.3, -0.25) is 4.79 Å². The third-order valence-electron chi connectivity index (χ3n) is 3.74. The van der Waals surface area contributed by atoms with Crippen LogP contribution in [0, 0.1) is 0 Å². The molecule has 0 spiro atoms. The Labute approximate surface area is 125 Å². The van der Waals surface area contributed by atoms with Crippen molar-refractivity contribution in [3.05, 3.63) is 58.7 Å². The fraction of sp³-hybridized carbons (Fsp3) is 0.278. The number of rotatable bonds is 5. The summed E-state index contributed by atoms with van der Waals surface area (Å²) in [5.41, 5.74) is 10.1. The molecule has 0 radical (unpaired) electrons. The third kappa shape index (κ3) is 3.07. The second-order valence-corrected chi connectivity index (χ2v) is 4.97. The lowest BCUT2D eigenvalue weighted by atomic mass is 9.95. The zero-order valence-corrected chi connectivity index (χ0v) is 12.8. The minimum atomic E-state index is -0.0660. The Morgan fingerprint density at radius 3 is 2.38 bits per heavy atom. The Bertz CT molecular complexity index is 662. The highest BCUT2D eigenvalue weighted by Gasteiger charge is 2.14. The van der Waals surface area contributed by atoms with Crippen LogP contribution in [0.5, 0.6) is 5.75 Å². The number of ether oxygens (including phenoxy) is 1. The lowest BCUT2D eigenvalue weighted by Gasteiger charge is -2.10. The van der Waals surface area contributed by atoms with Gasteiger partial charge in [0.25, 0.3) is 0 Å². The molecule has 2 aromatic carbocycles. The highest BCUT2D eigenvalue weighted by atomic mass is 16.5. The van der Waals surface area contributed by atoms with Gasteiger partial charge in [-0.25, -0.2) is 0 Å². The highest BCUT2D eigenvalue weighted by molar-refractivity contribution is 6.12. The summed E-state index contributed by atoms with van der Waals surface area (Å²) in [4.78, 5) is 12.7. The van der Waals surface area contributed by atoms with Crippen molar-refractivity contribution >= 4 is 11.5 Å². The van der Waals surface area contributed by atoms with Gasteiger partial charge in [0.2, 0.25) is 0 Å². The summed E-state index contributed by atoms with van der Waals surface area (Å²) in [6, 6.07) is 11.0. The summed E-state index contributed by atoms with van der Waals surface area (Å²) in [6.45, 7) is 4.22. The summed E-state index contributed by atoms with van der Waals surface area (Å²) in [5, 5.41) is 0. The molecule has 0 aliphatic rings. The first-order valence-electron chi connectivity index (χ1n) is 7.20. The van der Waals surface area contributed by atoms with Gasteiger partial charge in [-0.05, 0) is 48.2 Å². The van der Waals surface area contributed by atoms with Gasteiger partial charge in [0.05, 0.1) is 7.11 Å². The van der Waals surface area contributed by atoms with Crippen LogP contribution in [0.1, 0.15) is 40.9 Å². The number of aryl methyl sites for hydroxylation is 2. The molecule has 0 heterocycles. The number of hydrogen-bond donors (Lipinski definition) is 1. The quantitative estimate of drug-likeness (QED) is 0.673. The van der Waals surface area contributed by atoms with E-state index in [0.29, 0.717) is 22.6 Å². The van der Waals surface area contributed by atoms with Crippen LogP contribution in [-0.2, 0) is 12.8 Å². The second kappa shape index (κ2) is 6.44. The van der Waals surface area contributed by atoms with Gasteiger partial charge >= 0.3 is 0 Å². The molecule has 0 unspecified atom stereocenters. The number of benzene rings is 2. The molecule has 0 amide bonds. The summed E-state index contributed by atoms with van der Waals surface area (Å²) in [7, 11) is 1.57. The van der Waals surface area contributed by atoms with Crippen LogP contribution in [0.15, 0.2) is 36.4 Å². The number of carbonyl (C=O) groups is 1. The molecule has 2 rings (SSSR count). The molecule has 0 bridgehead atoms. The average molecular weight is 283 g/mol. The number of anilines is 1. The zero-order chi connectivity index (χ0) is 15.4. The van der Waals surface area contributed by atoms with E-state index in [9.17, 15) is 4.79 Å². The Hall–Kier alpha value is -2.29. The van der Waals surface area contributed by atoms with Crippen molar-refractivity contribution in [3.8, 4) is 5.75 Å². The van der Waals surface area contributed by atoms with Crippen molar-refractivity contribution in [1.82, 2.24) is 0 Å². The zero-order valence-electron chi connectivity index (χ0n) is 12.8. The molecule has 0 fully saturated rings. The van der Waals surface area contributed by atoms with Gasteiger partial charge in [0.15, 0.2) is 5.78 Å². The van der Waals surface area contributed by atoms with Crippen LogP contribution >= 0.6 is 0 Å². The van der Waals surface area contributed by atoms with E-state index >= 15 is 0 Å². The SMILES string of the molecule is CCc1ccc(C(=O)c2cc(OC)ccc2N)cc1CC. The summed E-state index contributed by atoms with van der Waals surface area (Å²) in [5.74, 6) is 0.567. The second-order valence-electron chi connectivity index (χ2n) is 4.97. The molecule has 2 aromatic rings. The van der Waals surface area contributed by atoms with Crippen LogP contribution in [0.4, 0.5) is 5.69 Å². The van der Waals surface area contributed by atoms with E-state index in [1.54, 1.807) is 25.3 Å². The average Bonchev–Trinajstić information content (AvgIpc) is 2.54. The minimum Gasteiger partial charge on any atom is -0.497 e. The smallest absolute Gasteiger partial charge is 0.195 e. The number of methoxy groups -OCH3 is 1. The Kier molecular flexibility index (Phi) is 4.63. The van der Waals surface area contributed by atoms with Gasteiger partial charge in [-0.15, -0.1) is 0 Å². The first-order chi connectivity index (χ1) is 10.1. The molecule has 3 nitrogen and oxygen atoms in total. The van der Waals surface area contributed by atoms with Gasteiger partial charge < -0.3 is 10.5 Å². The van der Waals surface area contributed by atoms with E-state index in [1.807, 2.05) is 18.2 Å². The standard InChI is InChI=1S/C18H21NO2/c1-4-12-6-7-14(10-13(12)5-2)18(20)16-11-15(21-3)8-9-17(16)19/h6-11H,4-5,19H2,1-3H3. The van der Waals surface area contributed by atoms with Gasteiger partial charge in [0, 0.05) is 16.8 Å². The van der Waals surface area contributed by atoms with Crippen molar-refractivity contribution in [1.29, 1.82) is 0 Å². The van der Waals surface area contributed by atoms with E-state index in [2.05, 4.69) is 13.8 Å². The maximum Gasteiger partial charge on any atom is 0.195 e. The van der Waals surface area contributed by atoms with Crippen LogP contribution in [0.25, 0.3) is 0 Å². The van der Waals surface area contributed by atoms with Crippen LogP contribution in [0.2, 0.25) is 0 Å². The molecule has 110 valence electrons. The fourth-order valence-corrected chi connectivity index (χ4v) is 2.46. The van der Waals surface area contributed by atoms with Gasteiger partial charge in [-0.2, -0.15) is 0 Å². The number of carbonyl (C=O) groups excluding carboxylic acids is 1. The highest BCUT2D eigenvalue weighted by Crippen LogP contribution is 2.24. The minimum absolute atomic E-state index is 0.0660. The van der Waals surface area contributed by atoms with E-state index < -0.39 is 0 Å². The lowest BCUT2D eigenvalue weighted by Crippen LogP contribution is -2.07. The Morgan fingerprint density at radius 1 is 1.05 bits per heavy atom. The van der Waals surface area contributed by atoms with Gasteiger partial charge in [-0.1, -0.05) is 26.0 Å². The van der Waals surface area contributed by atoms with Crippen molar-refractivity contribution in [2.24, 2.45) is 0 Å². The number of hydrogen-bond acceptors (Lipinski definition) is 3. The molecule has 0 saturated carbocycles. The molecule has 0 aliphatic heterocycles. The molecular formula is C18H21NO2. The Morgan fingerprint density at radius 2 is 1.76 bits per heavy atom. The molecule has 0 aliphatic carbocycles. The van der Waals surface area contributed by atoms with Gasteiger partial charge in [0.1, 0.15) is 5.75 Å². The number of nitrogens with two attached hydrogens (primary N) is 1. The number of ketones is 1. The molecule has 2 N–H and O–H groups in total. The normalized spacial score (nSPS) is 10.4. The van der Waals surface area contributed by atoms with Crippen LogP contribution < -0.4 is 10.5 Å². The molecule has 0 aromatic heterocycles. The largest absolute Gasteiger partial charge is 0.497 e. The lowest BCUT2D eigenvalue weighted by molar-refractivity contribution is 0.103. The maximum absolute atomic E-state index is 12.7. The van der Waals surface area contributed by atoms with Crippen LogP contribution in [0.3, 0.4) is 0 Å². The molecule has 21 heavy (non-hydrogen) atoms. The van der Waals surface area contributed by atoms with E-state index in [1.165, 1.54) is 11.1 Å². The molecule has 0 saturated heterocycles. The summed E-state index contributed by atoms with van der Waals surface area (Å²) >= 11 is 0. The number of nitrogen functional groups attached to an aromatic ring is 1. The monoisotopic (exact) mass is 283 g/mol. The fourth-order valence-electron chi connectivity index (χ4n) is 2.46. The van der Waals surface area contributed by atoms with E-state index in [4.69, 9.17) is 10.5 Å². The third-order valence-corrected chi connectivity index (χ3v) is 3.74. The topological polar surface area (TPSA) is 52.3 Å². The molecule has 0 atom stereocenters. The Balaban J connectivity index is 2.44. The molecular weight excluding hydrogens is 262 g/mol. The summed E-state index contributed by atoms with van der Waals surface area (Å²) in [6.07, 6.45) is 1.89. The molecule has 3 heteroatoms. The maximum atomic E-state index is 12.7. The predicted octanol–water partition coefficient (Wildman–Crippen LogP) is 3.63. The first-order valence-corrected chi connectivity index (χ1v) is 7.20. The van der Waals surface area contributed by atoms with Crippen LogP contribution in [-0.4, -0.2) is 12.9 Å².